The van der Waals surface area contributed by atoms with Crippen LogP contribution in [0.1, 0.15) is 18.1 Å². The molecule has 0 spiro atoms. The summed E-state index contributed by atoms with van der Waals surface area (Å²) in [6.07, 6.45) is 0. The molecule has 22 heavy (non-hydrogen) atoms. The molecule has 2 nitrogen and oxygen atoms in total. The van der Waals surface area contributed by atoms with E-state index in [-0.39, 0.29) is 5.91 Å². The molecule has 0 aliphatic carbocycles. The van der Waals surface area contributed by atoms with Crippen molar-refractivity contribution in [2.24, 2.45) is 0 Å². The van der Waals surface area contributed by atoms with Crippen LogP contribution in [0.5, 0.6) is 0 Å². The zero-order valence-corrected chi connectivity index (χ0v) is 13.4. The molecular weight excluding hydrogens is 290 g/mol. The van der Waals surface area contributed by atoms with Crippen LogP contribution in [-0.2, 0) is 10.5 Å². The van der Waals surface area contributed by atoms with E-state index >= 15 is 0 Å². The van der Waals surface area contributed by atoms with Gasteiger partial charge in [0.15, 0.2) is 0 Å². The predicted molar refractivity (Wildman–Crippen MR) is 95.1 cm³/mol. The molecule has 0 aliphatic heterocycles. The Morgan fingerprint density at radius 2 is 1.68 bits per heavy atom. The standard InChI is InChI=1S/C19H19NOS/c1-15(2)19(21)20-18(17-11-7-4-8-12-17)14-22-13-16-9-5-3-6-10-16/h3-12,14H,1,13H2,2H3,(H,20,21). The summed E-state index contributed by atoms with van der Waals surface area (Å²) in [4.78, 5) is 11.9. The van der Waals surface area contributed by atoms with Gasteiger partial charge in [0.25, 0.3) is 5.91 Å². The van der Waals surface area contributed by atoms with Crippen molar-refractivity contribution in [3.05, 3.63) is 89.4 Å². The minimum absolute atomic E-state index is 0.157. The van der Waals surface area contributed by atoms with Gasteiger partial charge in [-0.1, -0.05) is 67.2 Å². The zero-order chi connectivity index (χ0) is 15.8. The Bertz CT molecular complexity index is 662. The third kappa shape index (κ3) is 4.93. The van der Waals surface area contributed by atoms with Crippen molar-refractivity contribution in [3.63, 3.8) is 0 Å². The minimum Gasteiger partial charge on any atom is -0.321 e. The normalized spacial score (nSPS) is 11.0. The van der Waals surface area contributed by atoms with Gasteiger partial charge in [0.05, 0.1) is 5.70 Å². The molecule has 0 saturated carbocycles. The zero-order valence-electron chi connectivity index (χ0n) is 12.6. The Balaban J connectivity index is 2.11. The van der Waals surface area contributed by atoms with E-state index in [1.807, 2.05) is 53.9 Å². The summed E-state index contributed by atoms with van der Waals surface area (Å²) < 4.78 is 0. The monoisotopic (exact) mass is 309 g/mol. The number of rotatable bonds is 6. The van der Waals surface area contributed by atoms with Crippen LogP contribution in [0, 0.1) is 0 Å². The van der Waals surface area contributed by atoms with Crippen LogP contribution in [0.15, 0.2) is 78.2 Å². The van der Waals surface area contributed by atoms with Gasteiger partial charge >= 0.3 is 0 Å². The van der Waals surface area contributed by atoms with Crippen molar-refractivity contribution in [2.75, 3.05) is 0 Å². The number of hydrogen-bond donors (Lipinski definition) is 1. The van der Waals surface area contributed by atoms with Crippen LogP contribution >= 0.6 is 11.8 Å². The quantitative estimate of drug-likeness (QED) is 0.789. The summed E-state index contributed by atoms with van der Waals surface area (Å²) >= 11 is 1.66. The van der Waals surface area contributed by atoms with E-state index in [0.717, 1.165) is 17.0 Å². The van der Waals surface area contributed by atoms with Crippen molar-refractivity contribution in [3.8, 4) is 0 Å². The number of nitrogens with one attached hydrogen (secondary N) is 1. The van der Waals surface area contributed by atoms with Gasteiger partial charge in [-0.2, -0.15) is 0 Å². The number of hydrogen-bond acceptors (Lipinski definition) is 2. The second kappa shape index (κ2) is 8.25. The molecule has 2 aromatic rings. The summed E-state index contributed by atoms with van der Waals surface area (Å²) in [5.41, 5.74) is 3.53. The van der Waals surface area contributed by atoms with Gasteiger partial charge < -0.3 is 5.32 Å². The summed E-state index contributed by atoms with van der Waals surface area (Å²) in [5.74, 6) is 0.704. The average molecular weight is 309 g/mol. The molecule has 0 aromatic heterocycles. The Hall–Kier alpha value is -2.26. The molecule has 0 bridgehead atoms. The Morgan fingerprint density at radius 3 is 2.27 bits per heavy atom. The van der Waals surface area contributed by atoms with Crippen LogP contribution in [0.4, 0.5) is 0 Å². The van der Waals surface area contributed by atoms with E-state index in [9.17, 15) is 4.79 Å². The summed E-state index contributed by atoms with van der Waals surface area (Å²) in [6.45, 7) is 5.39. The highest BCUT2D eigenvalue weighted by Crippen LogP contribution is 2.20. The van der Waals surface area contributed by atoms with Crippen LogP contribution in [-0.4, -0.2) is 5.91 Å². The van der Waals surface area contributed by atoms with Gasteiger partial charge in [-0.15, -0.1) is 11.8 Å². The second-order valence-electron chi connectivity index (χ2n) is 4.93. The van der Waals surface area contributed by atoms with E-state index in [1.165, 1.54) is 5.56 Å². The van der Waals surface area contributed by atoms with Crippen molar-refractivity contribution >= 4 is 23.4 Å². The maximum Gasteiger partial charge on any atom is 0.250 e. The number of benzene rings is 2. The Labute approximate surface area is 135 Å². The van der Waals surface area contributed by atoms with Crippen molar-refractivity contribution in [2.45, 2.75) is 12.7 Å². The Kier molecular flexibility index (Phi) is 6.04. The summed E-state index contributed by atoms with van der Waals surface area (Å²) in [5, 5.41) is 4.91. The van der Waals surface area contributed by atoms with Crippen LogP contribution < -0.4 is 5.32 Å². The van der Waals surface area contributed by atoms with Gasteiger partial charge in [0.1, 0.15) is 0 Å². The fourth-order valence-electron chi connectivity index (χ4n) is 1.81. The molecule has 0 radical (unpaired) electrons. The fraction of sp³-hybridized carbons (Fsp3) is 0.105. The molecule has 0 heterocycles. The first-order valence-electron chi connectivity index (χ1n) is 7.05. The highest BCUT2D eigenvalue weighted by Gasteiger charge is 2.07. The van der Waals surface area contributed by atoms with E-state index < -0.39 is 0 Å². The van der Waals surface area contributed by atoms with E-state index in [2.05, 4.69) is 24.0 Å². The summed E-state index contributed by atoms with van der Waals surface area (Å²) in [6, 6.07) is 20.1. The third-order valence-electron chi connectivity index (χ3n) is 3.01. The van der Waals surface area contributed by atoms with Crippen molar-refractivity contribution < 1.29 is 4.79 Å². The maximum absolute atomic E-state index is 11.9. The van der Waals surface area contributed by atoms with Crippen molar-refractivity contribution in [1.82, 2.24) is 5.32 Å². The van der Waals surface area contributed by atoms with Crippen molar-refractivity contribution in [1.29, 1.82) is 0 Å². The highest BCUT2D eigenvalue weighted by atomic mass is 32.2. The SMILES string of the molecule is C=C(C)C(=O)NC(=CSCc1ccccc1)c1ccccc1. The lowest BCUT2D eigenvalue weighted by Crippen LogP contribution is -2.22. The molecule has 1 N–H and O–H groups in total. The minimum atomic E-state index is -0.157. The number of carbonyl (C=O) groups excluding carboxylic acids is 1. The molecule has 0 saturated heterocycles. The summed E-state index contributed by atoms with van der Waals surface area (Å²) in [7, 11) is 0. The lowest BCUT2D eigenvalue weighted by molar-refractivity contribution is -0.116. The molecular formula is C19H19NOS. The average Bonchev–Trinajstić information content (AvgIpc) is 2.55. The van der Waals surface area contributed by atoms with Gasteiger partial charge in [-0.3, -0.25) is 4.79 Å². The van der Waals surface area contributed by atoms with E-state index in [0.29, 0.717) is 5.57 Å². The molecule has 3 heteroatoms. The second-order valence-corrected chi connectivity index (χ2v) is 5.79. The number of thioether (sulfide) groups is 1. The molecule has 0 atom stereocenters. The van der Waals surface area contributed by atoms with Gasteiger partial charge in [-0.25, -0.2) is 0 Å². The first-order valence-corrected chi connectivity index (χ1v) is 8.09. The smallest absolute Gasteiger partial charge is 0.250 e. The molecule has 0 fully saturated rings. The lowest BCUT2D eigenvalue weighted by atomic mass is 10.1. The maximum atomic E-state index is 11.9. The van der Waals surface area contributed by atoms with Crippen LogP contribution in [0.3, 0.4) is 0 Å². The van der Waals surface area contributed by atoms with Gasteiger partial charge in [0.2, 0.25) is 0 Å². The van der Waals surface area contributed by atoms with Gasteiger partial charge in [-0.05, 0) is 23.5 Å². The molecule has 112 valence electrons. The molecule has 2 aromatic carbocycles. The first-order chi connectivity index (χ1) is 10.7. The molecule has 0 aliphatic rings. The highest BCUT2D eigenvalue weighted by molar-refractivity contribution is 8.01. The number of amides is 1. The lowest BCUT2D eigenvalue weighted by Gasteiger charge is -2.10. The molecule has 1 amide bonds. The largest absolute Gasteiger partial charge is 0.321 e. The molecule has 2 rings (SSSR count). The third-order valence-corrected chi connectivity index (χ3v) is 3.92. The fourth-order valence-corrected chi connectivity index (χ4v) is 2.64. The van der Waals surface area contributed by atoms with E-state index in [1.54, 1.807) is 18.7 Å². The Morgan fingerprint density at radius 1 is 1.09 bits per heavy atom. The van der Waals surface area contributed by atoms with Gasteiger partial charge in [0, 0.05) is 11.3 Å². The van der Waals surface area contributed by atoms with E-state index in [4.69, 9.17) is 0 Å². The first kappa shape index (κ1) is 16.1. The van der Waals surface area contributed by atoms with Crippen LogP contribution in [0.2, 0.25) is 0 Å². The molecule has 0 unspecified atom stereocenters. The number of carbonyl (C=O) groups is 1. The topological polar surface area (TPSA) is 29.1 Å². The van der Waals surface area contributed by atoms with Crippen LogP contribution in [0.25, 0.3) is 5.70 Å². The predicted octanol–water partition coefficient (Wildman–Crippen LogP) is 4.61.